The van der Waals surface area contributed by atoms with Crippen molar-refractivity contribution in [2.24, 2.45) is 0 Å². The maximum Gasteiger partial charge on any atom is 0.146 e. The van der Waals surface area contributed by atoms with Gasteiger partial charge in [0.2, 0.25) is 0 Å². The molecule has 9 aromatic rings. The van der Waals surface area contributed by atoms with Gasteiger partial charge in [-0.2, -0.15) is 0 Å². The molecule has 9 rings (SSSR count). The minimum absolute atomic E-state index is 0.756. The molecule has 6 heterocycles. The minimum Gasteiger partial charge on any atom is -0.491 e. The van der Waals surface area contributed by atoms with Gasteiger partial charge in [0.25, 0.3) is 0 Å². The van der Waals surface area contributed by atoms with E-state index in [1.165, 1.54) is 273 Å². The summed E-state index contributed by atoms with van der Waals surface area (Å²) in [5.41, 5.74) is 0. The molecule has 0 saturated heterocycles. The monoisotopic (exact) mass is 1110 g/mol. The Balaban J connectivity index is 1.33. The third kappa shape index (κ3) is 12.8. The Labute approximate surface area is 470 Å². The number of benzene rings is 3. The van der Waals surface area contributed by atoms with E-state index in [2.05, 4.69) is 134 Å². The number of ether oxygens (including phenoxy) is 2. The standard InChI is InChI=1S/C66H90O2S6/c1-7-13-19-25-27-33-39-67-57-53-55-59-49(41-45(69-59)35-29-21-15-9-3)51-43-47(37-31-23-17-11-5)71-61(51)65(55)74-64(53)58(68-40-34-28-26-20-14-8-2)54-56-60-50(42-46(70-60)36-30-22-16-10-4)52-44-48(38-32-24-18-12-6)72-62(52)66(56)73-63(54)57/h41-44H,7-40H2,1-6H3. The summed E-state index contributed by atoms with van der Waals surface area (Å²) in [7, 11) is 0. The molecule has 0 unspecified atom stereocenters. The van der Waals surface area contributed by atoms with E-state index in [0.717, 1.165) is 37.6 Å². The van der Waals surface area contributed by atoms with Crippen molar-refractivity contribution >= 4 is 149 Å². The second-order valence-electron chi connectivity index (χ2n) is 22.0. The topological polar surface area (TPSA) is 18.5 Å². The van der Waals surface area contributed by atoms with Crippen LogP contribution in [-0.2, 0) is 25.7 Å². The second kappa shape index (κ2) is 28.4. The summed E-state index contributed by atoms with van der Waals surface area (Å²) >= 11 is 12.5. The highest BCUT2D eigenvalue weighted by Gasteiger charge is 2.30. The van der Waals surface area contributed by atoms with E-state index in [-0.39, 0.29) is 0 Å². The Morgan fingerprint density at radius 2 is 0.527 bits per heavy atom. The van der Waals surface area contributed by atoms with Gasteiger partial charge in [-0.05, 0) is 88.5 Å². The summed E-state index contributed by atoms with van der Waals surface area (Å²) in [6.45, 7) is 15.5. The van der Waals surface area contributed by atoms with Gasteiger partial charge in [-0.3, -0.25) is 0 Å². The first-order valence-electron chi connectivity index (χ1n) is 30.4. The average Bonchev–Trinajstić information content (AvgIpc) is 4.29. The minimum atomic E-state index is 0.756. The highest BCUT2D eigenvalue weighted by molar-refractivity contribution is 7.35. The summed E-state index contributed by atoms with van der Waals surface area (Å²) in [6.07, 6.45) is 40.5. The fraction of sp³-hybridized carbons (Fsp3) is 0.606. The van der Waals surface area contributed by atoms with Crippen molar-refractivity contribution in [2.75, 3.05) is 13.2 Å². The maximum absolute atomic E-state index is 7.57. The molecule has 2 nitrogen and oxygen atoms in total. The van der Waals surface area contributed by atoms with Crippen LogP contribution in [0.1, 0.15) is 241 Å². The molecule has 0 aliphatic carbocycles. The van der Waals surface area contributed by atoms with E-state index in [1.54, 1.807) is 19.5 Å². The summed E-state index contributed by atoms with van der Waals surface area (Å²) in [5, 5.41) is 11.5. The summed E-state index contributed by atoms with van der Waals surface area (Å²) in [6, 6.07) is 10.5. The van der Waals surface area contributed by atoms with Gasteiger partial charge in [-0.1, -0.05) is 183 Å². The van der Waals surface area contributed by atoms with Crippen LogP contribution in [0.4, 0.5) is 0 Å². The molecule has 0 fully saturated rings. The lowest BCUT2D eigenvalue weighted by Crippen LogP contribution is -2.01. The van der Waals surface area contributed by atoms with Crippen molar-refractivity contribution in [3.8, 4) is 11.5 Å². The molecular weight excluding hydrogens is 1020 g/mol. The Bertz CT molecular complexity index is 2970. The zero-order chi connectivity index (χ0) is 51.2. The van der Waals surface area contributed by atoms with Crippen LogP contribution in [0.3, 0.4) is 0 Å². The molecule has 0 N–H and O–H groups in total. The van der Waals surface area contributed by atoms with Gasteiger partial charge in [-0.15, -0.1) is 68.0 Å². The lowest BCUT2D eigenvalue weighted by molar-refractivity contribution is 0.307. The first kappa shape index (κ1) is 56.3. The van der Waals surface area contributed by atoms with Crippen LogP contribution >= 0.6 is 68.0 Å². The van der Waals surface area contributed by atoms with Crippen LogP contribution < -0.4 is 9.47 Å². The average molecular weight is 1110 g/mol. The number of fused-ring (bicyclic) bond motifs is 16. The van der Waals surface area contributed by atoms with Crippen LogP contribution in [0.25, 0.3) is 80.7 Å². The van der Waals surface area contributed by atoms with Gasteiger partial charge in [0, 0.05) is 72.0 Å². The largest absolute Gasteiger partial charge is 0.491 e. The zero-order valence-electron chi connectivity index (χ0n) is 46.6. The normalized spacial score (nSPS) is 12.4. The van der Waals surface area contributed by atoms with Crippen LogP contribution in [0, 0.1) is 0 Å². The molecule has 0 spiro atoms. The zero-order valence-corrected chi connectivity index (χ0v) is 51.5. The van der Waals surface area contributed by atoms with Crippen LogP contribution in [0.2, 0.25) is 0 Å². The van der Waals surface area contributed by atoms with E-state index in [1.807, 2.05) is 0 Å². The number of unbranched alkanes of at least 4 members (excludes halogenated alkanes) is 22. The van der Waals surface area contributed by atoms with Crippen molar-refractivity contribution in [3.63, 3.8) is 0 Å². The van der Waals surface area contributed by atoms with Crippen LogP contribution in [-0.4, -0.2) is 13.2 Å². The van der Waals surface area contributed by atoms with Crippen molar-refractivity contribution < 1.29 is 9.47 Å². The first-order valence-corrected chi connectivity index (χ1v) is 35.3. The Morgan fingerprint density at radius 1 is 0.257 bits per heavy atom. The lowest BCUT2D eigenvalue weighted by atomic mass is 10.0. The van der Waals surface area contributed by atoms with Gasteiger partial charge in [0.05, 0.1) is 41.4 Å². The van der Waals surface area contributed by atoms with E-state index in [0.29, 0.717) is 0 Å². The molecular formula is C66H90O2S6. The predicted molar refractivity (Wildman–Crippen MR) is 343 cm³/mol. The maximum atomic E-state index is 7.57. The second-order valence-corrected chi connectivity index (χ2v) is 28.6. The van der Waals surface area contributed by atoms with E-state index < -0.39 is 0 Å². The number of thiophene rings is 6. The molecule has 74 heavy (non-hydrogen) atoms. The molecule has 3 aromatic carbocycles. The van der Waals surface area contributed by atoms with Gasteiger partial charge >= 0.3 is 0 Å². The van der Waals surface area contributed by atoms with E-state index in [4.69, 9.17) is 9.47 Å². The summed E-state index contributed by atoms with van der Waals surface area (Å²) in [4.78, 5) is 6.21. The van der Waals surface area contributed by atoms with E-state index >= 15 is 0 Å². The van der Waals surface area contributed by atoms with Gasteiger partial charge in [0.1, 0.15) is 11.5 Å². The smallest absolute Gasteiger partial charge is 0.146 e. The van der Waals surface area contributed by atoms with Crippen LogP contribution in [0.15, 0.2) is 24.3 Å². The third-order valence-electron chi connectivity index (χ3n) is 15.9. The molecule has 0 saturated carbocycles. The lowest BCUT2D eigenvalue weighted by Gasteiger charge is -2.15. The molecule has 0 bridgehead atoms. The highest BCUT2D eigenvalue weighted by Crippen LogP contribution is 2.60. The Hall–Kier alpha value is -2.46. The quantitative estimate of drug-likeness (QED) is 0.0365. The third-order valence-corrected chi connectivity index (χ3v) is 23.4. The molecule has 0 amide bonds. The highest BCUT2D eigenvalue weighted by atomic mass is 32.1. The van der Waals surface area contributed by atoms with E-state index in [9.17, 15) is 0 Å². The fourth-order valence-electron chi connectivity index (χ4n) is 11.7. The molecule has 0 radical (unpaired) electrons. The number of rotatable bonds is 36. The number of hydrogen-bond acceptors (Lipinski definition) is 8. The SMILES string of the molecule is CCCCCCCCOc1c2sc3c4sc(CCCCCC)cc4c4cc(CCCCCC)sc4c3c2c(OCCCCCCCC)c2sc3c4sc(CCCCCC)cc4c4cc(CCCCCC)sc4c3c12. The van der Waals surface area contributed by atoms with Crippen molar-refractivity contribution in [3.05, 3.63) is 43.8 Å². The van der Waals surface area contributed by atoms with Gasteiger partial charge < -0.3 is 9.47 Å². The van der Waals surface area contributed by atoms with Gasteiger partial charge in [0.15, 0.2) is 0 Å². The Kier molecular flexibility index (Phi) is 21.6. The summed E-state index contributed by atoms with van der Waals surface area (Å²) < 4.78 is 26.7. The fourth-order valence-corrected chi connectivity index (χ4v) is 19.7. The first-order chi connectivity index (χ1) is 36.5. The number of hydrogen-bond donors (Lipinski definition) is 0. The van der Waals surface area contributed by atoms with Crippen molar-refractivity contribution in [1.29, 1.82) is 0 Å². The molecule has 0 aliphatic rings. The van der Waals surface area contributed by atoms with Gasteiger partial charge in [-0.25, -0.2) is 0 Å². The molecule has 8 heteroatoms. The number of aryl methyl sites for hydroxylation is 4. The molecule has 0 atom stereocenters. The van der Waals surface area contributed by atoms with Crippen molar-refractivity contribution in [1.82, 2.24) is 0 Å². The summed E-state index contributed by atoms with van der Waals surface area (Å²) in [5.74, 6) is 2.29. The molecule has 0 aliphatic heterocycles. The Morgan fingerprint density at radius 3 is 0.851 bits per heavy atom. The van der Waals surface area contributed by atoms with Crippen LogP contribution in [0.5, 0.6) is 11.5 Å². The van der Waals surface area contributed by atoms with Crippen molar-refractivity contribution in [2.45, 2.75) is 247 Å². The molecule has 6 aromatic heterocycles. The molecule has 402 valence electrons. The predicted octanol–water partition coefficient (Wildman–Crippen LogP) is 25.3.